The summed E-state index contributed by atoms with van der Waals surface area (Å²) < 4.78 is 4.46. The topological polar surface area (TPSA) is 48.1 Å². The van der Waals surface area contributed by atoms with Gasteiger partial charge in [0, 0.05) is 18.0 Å². The van der Waals surface area contributed by atoms with E-state index in [4.69, 9.17) is 5.73 Å². The highest BCUT2D eigenvalue weighted by Gasteiger charge is 2.27. The monoisotopic (exact) mass is 742 g/mol. The van der Waals surface area contributed by atoms with Gasteiger partial charge in [-0.25, -0.2) is 0 Å². The second-order valence-corrected chi connectivity index (χ2v) is 14.3. The lowest BCUT2D eigenvalue weighted by molar-refractivity contribution is 0.493. The van der Waals surface area contributed by atoms with Crippen molar-refractivity contribution in [1.29, 1.82) is 0 Å². The van der Waals surface area contributed by atoms with E-state index in [0.29, 0.717) is 0 Å². The highest BCUT2D eigenvalue weighted by molar-refractivity contribution is 7.93. The van der Waals surface area contributed by atoms with E-state index in [0.717, 1.165) is 17.7 Å². The van der Waals surface area contributed by atoms with Gasteiger partial charge in [-0.1, -0.05) is 164 Å². The van der Waals surface area contributed by atoms with Crippen molar-refractivity contribution >= 4 is 22.8 Å². The summed E-state index contributed by atoms with van der Waals surface area (Å²) in [5, 5.41) is 2.61. The minimum Gasteiger partial charge on any atom is -0.405 e. The average Bonchev–Trinajstić information content (AvgIpc) is 3.61. The van der Waals surface area contributed by atoms with Crippen LogP contribution in [-0.2, 0) is 10.6 Å². The van der Waals surface area contributed by atoms with Crippen molar-refractivity contribution in [3.8, 4) is 78.0 Å². The van der Waals surface area contributed by atoms with Crippen LogP contribution >= 0.6 is 12.0 Å². The highest BCUT2D eigenvalue weighted by atomic mass is 32.2. The number of aromatic nitrogens is 1. The second kappa shape index (κ2) is 16.9. The molecule has 0 saturated heterocycles. The zero-order chi connectivity index (χ0) is 38.3. The van der Waals surface area contributed by atoms with Crippen molar-refractivity contribution in [2.75, 3.05) is 13.4 Å². The molecule has 1 heterocycles. The van der Waals surface area contributed by atoms with Gasteiger partial charge in [0.25, 0.3) is 0 Å². The Labute approximate surface area is 334 Å². The number of nitrogens with zero attached hydrogens (tertiary/aromatic N) is 1. The Morgan fingerprint density at radius 2 is 1.00 bits per heavy atom. The van der Waals surface area contributed by atoms with Gasteiger partial charge in [0.1, 0.15) is 0 Å². The maximum atomic E-state index is 5.44. The molecule has 272 valence electrons. The van der Waals surface area contributed by atoms with Crippen LogP contribution in [0.5, 0.6) is 0 Å². The molecule has 7 aromatic carbocycles. The summed E-state index contributed by atoms with van der Waals surface area (Å²) in [6, 6.07) is 59.7. The Balaban J connectivity index is 0.00000105. The lowest BCUT2D eigenvalue weighted by atomic mass is 9.87. The summed E-state index contributed by atoms with van der Waals surface area (Å²) in [7, 11) is 1.64. The third-order valence-electron chi connectivity index (χ3n) is 10.4. The molecule has 1 aliphatic carbocycles. The summed E-state index contributed by atoms with van der Waals surface area (Å²) in [5.74, 6) is 0. The number of hydrogen-bond acceptors (Lipinski definition) is 4. The number of benzene rings is 7. The molecule has 0 bridgehead atoms. The van der Waals surface area contributed by atoms with E-state index in [1.807, 2.05) is 42.8 Å². The largest absolute Gasteiger partial charge is 0.405 e. The first-order chi connectivity index (χ1) is 27.7. The van der Waals surface area contributed by atoms with E-state index in [1.54, 1.807) is 13.3 Å². The number of nitrogens with two attached hydrogens (primary N) is 1. The molecule has 0 atom stereocenters. The van der Waals surface area contributed by atoms with Crippen LogP contribution in [0.15, 0.2) is 194 Å². The van der Waals surface area contributed by atoms with Gasteiger partial charge >= 0.3 is 0 Å². The lowest BCUT2D eigenvalue weighted by Gasteiger charge is -2.16. The van der Waals surface area contributed by atoms with E-state index in [1.165, 1.54) is 95.1 Å². The Hall–Kier alpha value is -6.46. The predicted octanol–water partition coefficient (Wildman–Crippen LogP) is 13.7. The summed E-state index contributed by atoms with van der Waals surface area (Å²) in [4.78, 5) is 4.50. The molecule has 0 unspecified atom stereocenters. The molecule has 4 heteroatoms. The molecular weight excluding hydrogens is 701 g/mol. The number of hydrogen-bond donors (Lipinski definition) is 1. The van der Waals surface area contributed by atoms with Gasteiger partial charge in [-0.2, -0.15) is 0 Å². The summed E-state index contributed by atoms with van der Waals surface area (Å²) >= 11 is 1.36. The zero-order valence-electron chi connectivity index (χ0n) is 31.5. The molecule has 2 N–H and O–H groups in total. The second-order valence-electron chi connectivity index (χ2n) is 13.6. The fourth-order valence-corrected chi connectivity index (χ4v) is 7.63. The van der Waals surface area contributed by atoms with E-state index in [9.17, 15) is 0 Å². The first kappa shape index (κ1) is 36.5. The first-order valence-corrected chi connectivity index (χ1v) is 19.9. The average molecular weight is 743 g/mol. The number of pyridine rings is 1. The lowest BCUT2D eigenvalue weighted by Crippen LogP contribution is -1.90. The maximum Gasteiger partial charge on any atom is 0.0701 e. The summed E-state index contributed by atoms with van der Waals surface area (Å²) in [5.41, 5.74) is 23.8. The van der Waals surface area contributed by atoms with E-state index < -0.39 is 0 Å². The molecule has 0 aliphatic heterocycles. The van der Waals surface area contributed by atoms with Gasteiger partial charge in [0.2, 0.25) is 0 Å². The molecule has 3 nitrogen and oxygen atoms in total. The van der Waals surface area contributed by atoms with Gasteiger partial charge in [-0.15, -0.1) is 0 Å². The first-order valence-electron chi connectivity index (χ1n) is 18.8. The summed E-state index contributed by atoms with van der Waals surface area (Å²) in [6.45, 7) is 0. The van der Waals surface area contributed by atoms with Crippen LogP contribution < -0.4 is 5.73 Å². The van der Waals surface area contributed by atoms with Gasteiger partial charge in [-0.05, 0) is 126 Å². The Bertz CT molecular complexity index is 2640. The molecule has 0 saturated carbocycles. The normalized spacial score (nSPS) is 11.5. The SMILES string of the molecule is COSC.N/C=C\C=C/Cc1ccc(-c2ccc(-c3ccc(-c4ccc(-c5ccc(-c6ccccn6)cc5)cc4)c4c3-c3cccc5cccc-4c35)cc2)cc1. The van der Waals surface area contributed by atoms with Crippen molar-refractivity contribution in [3.63, 3.8) is 0 Å². The molecule has 9 rings (SSSR count). The highest BCUT2D eigenvalue weighted by Crippen LogP contribution is 2.54. The fraction of sp³-hybridized carbons (Fsp3) is 0.0577. The van der Waals surface area contributed by atoms with Crippen LogP contribution in [0.4, 0.5) is 0 Å². The minimum absolute atomic E-state index is 0.880. The Morgan fingerprint density at radius 3 is 1.46 bits per heavy atom. The van der Waals surface area contributed by atoms with Crippen LogP contribution in [0, 0.1) is 0 Å². The van der Waals surface area contributed by atoms with Crippen LogP contribution in [-0.4, -0.2) is 18.3 Å². The van der Waals surface area contributed by atoms with Gasteiger partial charge in [0.05, 0.1) is 12.8 Å². The zero-order valence-corrected chi connectivity index (χ0v) is 32.3. The summed E-state index contributed by atoms with van der Waals surface area (Å²) in [6.07, 6.45) is 12.1. The number of rotatable bonds is 9. The predicted molar refractivity (Wildman–Crippen MR) is 240 cm³/mol. The van der Waals surface area contributed by atoms with Crippen molar-refractivity contribution < 1.29 is 4.18 Å². The van der Waals surface area contributed by atoms with Crippen molar-refractivity contribution in [1.82, 2.24) is 4.98 Å². The van der Waals surface area contributed by atoms with E-state index >= 15 is 0 Å². The van der Waals surface area contributed by atoms with Gasteiger partial charge in [0.15, 0.2) is 0 Å². The maximum absolute atomic E-state index is 5.44. The fourth-order valence-electron chi connectivity index (χ4n) is 7.63. The number of allylic oxidation sites excluding steroid dienone is 3. The molecule has 56 heavy (non-hydrogen) atoms. The molecule has 1 aromatic heterocycles. The van der Waals surface area contributed by atoms with Crippen molar-refractivity contribution in [3.05, 3.63) is 200 Å². The minimum atomic E-state index is 0.880. The van der Waals surface area contributed by atoms with Crippen LogP contribution in [0.1, 0.15) is 5.56 Å². The van der Waals surface area contributed by atoms with E-state index in [2.05, 4.69) is 161 Å². The smallest absolute Gasteiger partial charge is 0.0701 e. The Morgan fingerprint density at radius 1 is 0.518 bits per heavy atom. The van der Waals surface area contributed by atoms with Crippen LogP contribution in [0.2, 0.25) is 0 Å². The molecular formula is C52H42N2OS. The van der Waals surface area contributed by atoms with Gasteiger partial charge in [-0.3, -0.25) is 4.98 Å². The molecule has 0 radical (unpaired) electrons. The molecule has 8 aromatic rings. The standard InChI is InChI=1S/C50H36N2.C2H6OS/c51-32-4-1-2-8-34-14-16-35(17-15-34)36-18-24-39(25-19-36)43-30-31-44(50-46-12-7-10-42-9-6-11-45(48(42)46)49(43)50)40-26-20-37(21-27-40)38-22-28-41(29-23-38)47-13-3-5-33-52-47;1-3-4-2/h1-7,9-33H,8,51H2;1-2H3/b2-1-,32-4-;. The molecule has 1 aliphatic rings. The third-order valence-corrected chi connectivity index (χ3v) is 10.7. The Kier molecular flexibility index (Phi) is 11.0. The van der Waals surface area contributed by atoms with E-state index in [-0.39, 0.29) is 0 Å². The molecule has 0 fully saturated rings. The van der Waals surface area contributed by atoms with Crippen LogP contribution in [0.3, 0.4) is 0 Å². The van der Waals surface area contributed by atoms with Crippen molar-refractivity contribution in [2.24, 2.45) is 5.73 Å². The third kappa shape index (κ3) is 7.45. The quantitative estimate of drug-likeness (QED) is 0.118. The van der Waals surface area contributed by atoms with Gasteiger partial charge < -0.3 is 9.92 Å². The number of fused-ring (bicyclic) bond motifs is 3. The van der Waals surface area contributed by atoms with Crippen LogP contribution in [0.25, 0.3) is 88.8 Å². The van der Waals surface area contributed by atoms with Crippen molar-refractivity contribution in [2.45, 2.75) is 6.42 Å². The molecule has 0 amide bonds. The molecule has 0 spiro atoms.